The maximum absolute atomic E-state index is 9.78. The van der Waals surface area contributed by atoms with Crippen LogP contribution in [0.5, 0.6) is 0 Å². The van der Waals surface area contributed by atoms with Crippen LogP contribution in [0.4, 0.5) is 0 Å². The second kappa shape index (κ2) is 10.9. The van der Waals surface area contributed by atoms with Crippen LogP contribution in [0.25, 0.3) is 0 Å². The second-order valence-electron chi connectivity index (χ2n) is 6.39. The van der Waals surface area contributed by atoms with Gasteiger partial charge in [-0.2, -0.15) is 5.26 Å². The molecule has 0 amide bonds. The fraction of sp³-hybridized carbons (Fsp3) is 0.261. The van der Waals surface area contributed by atoms with E-state index < -0.39 is 0 Å². The zero-order valence-electron chi connectivity index (χ0n) is 16.0. The maximum atomic E-state index is 9.78. The van der Waals surface area contributed by atoms with Crippen molar-refractivity contribution in [3.63, 3.8) is 0 Å². The van der Waals surface area contributed by atoms with Gasteiger partial charge in [0, 0.05) is 10.6 Å². The summed E-state index contributed by atoms with van der Waals surface area (Å²) in [5.74, 6) is 0.816. The second-order valence-corrected chi connectivity index (χ2v) is 8.40. The highest BCUT2D eigenvalue weighted by Gasteiger charge is 2.16. The minimum absolute atomic E-state index is 0.619. The third kappa shape index (κ3) is 5.85. The first kappa shape index (κ1) is 20.4. The Balaban J connectivity index is 1.88. The van der Waals surface area contributed by atoms with Gasteiger partial charge in [0.2, 0.25) is 0 Å². The van der Waals surface area contributed by atoms with Crippen molar-refractivity contribution >= 4 is 23.5 Å². The normalized spacial score (nSPS) is 10.6. The number of benzene rings is 2. The fourth-order valence-electron chi connectivity index (χ4n) is 2.76. The lowest BCUT2D eigenvalue weighted by Gasteiger charge is -2.11. The molecule has 0 radical (unpaired) electrons. The Kier molecular flexibility index (Phi) is 7.95. The molecular weight excluding hydrogens is 382 g/mol. The van der Waals surface area contributed by atoms with E-state index in [0.717, 1.165) is 52.2 Å². The third-order valence-electron chi connectivity index (χ3n) is 4.23. The van der Waals surface area contributed by atoms with Gasteiger partial charge >= 0.3 is 0 Å². The van der Waals surface area contributed by atoms with E-state index in [1.165, 1.54) is 5.56 Å². The van der Waals surface area contributed by atoms with Crippen molar-refractivity contribution in [3.05, 3.63) is 77.5 Å². The Morgan fingerprint density at radius 2 is 1.64 bits per heavy atom. The van der Waals surface area contributed by atoms with Gasteiger partial charge in [0.1, 0.15) is 16.7 Å². The number of unbranched alkanes of at least 4 members (excludes halogenated alkanes) is 2. The number of nitriles is 1. The fourth-order valence-corrected chi connectivity index (χ4v) is 4.55. The summed E-state index contributed by atoms with van der Waals surface area (Å²) in [5, 5.41) is 11.3. The van der Waals surface area contributed by atoms with Crippen LogP contribution in [0.3, 0.4) is 0 Å². The predicted molar refractivity (Wildman–Crippen MR) is 117 cm³/mol. The summed E-state index contributed by atoms with van der Waals surface area (Å²) in [6.45, 7) is 2.18. The molecule has 5 heteroatoms. The van der Waals surface area contributed by atoms with Crippen LogP contribution in [0.2, 0.25) is 0 Å². The van der Waals surface area contributed by atoms with Crippen molar-refractivity contribution in [3.8, 4) is 6.07 Å². The van der Waals surface area contributed by atoms with E-state index in [9.17, 15) is 5.26 Å². The molecule has 0 aliphatic rings. The summed E-state index contributed by atoms with van der Waals surface area (Å²) in [5.41, 5.74) is 2.74. The molecular formula is C23H23N3S2. The first-order chi connectivity index (χ1) is 13.8. The number of aryl methyl sites for hydroxylation is 1. The molecule has 1 heterocycles. The Bertz CT molecular complexity index is 922. The SMILES string of the molecule is CCCCCc1nc(SCc2ccccc2)nc(Sc2ccccc2)c1C#N. The first-order valence-electron chi connectivity index (χ1n) is 9.50. The maximum Gasteiger partial charge on any atom is 0.189 e. The lowest BCUT2D eigenvalue weighted by molar-refractivity contribution is 0.690. The van der Waals surface area contributed by atoms with Crippen molar-refractivity contribution in [2.75, 3.05) is 0 Å². The molecule has 0 saturated heterocycles. The topological polar surface area (TPSA) is 49.6 Å². The Hall–Kier alpha value is -2.29. The minimum atomic E-state index is 0.619. The summed E-state index contributed by atoms with van der Waals surface area (Å²) in [6, 6.07) is 22.8. The third-order valence-corrected chi connectivity index (χ3v) is 6.14. The molecule has 3 aromatic rings. The van der Waals surface area contributed by atoms with Gasteiger partial charge in [0.05, 0.1) is 5.69 Å². The smallest absolute Gasteiger partial charge is 0.189 e. The molecule has 0 atom stereocenters. The standard InChI is InChI=1S/C23H23N3S2/c1-2-3-6-15-21-20(16-24)22(28-19-13-9-5-10-14-19)26-23(25-21)27-17-18-11-7-4-8-12-18/h4-5,7-14H,2-3,6,15,17H2,1H3. The molecule has 0 spiro atoms. The molecule has 28 heavy (non-hydrogen) atoms. The van der Waals surface area contributed by atoms with Crippen LogP contribution in [0.15, 0.2) is 75.7 Å². The molecule has 142 valence electrons. The molecule has 0 aliphatic heterocycles. The van der Waals surface area contributed by atoms with E-state index in [1.807, 2.05) is 48.5 Å². The molecule has 0 saturated carbocycles. The molecule has 3 nitrogen and oxygen atoms in total. The average molecular weight is 406 g/mol. The number of rotatable bonds is 9. The number of thioether (sulfide) groups is 1. The van der Waals surface area contributed by atoms with Crippen molar-refractivity contribution in [2.24, 2.45) is 0 Å². The van der Waals surface area contributed by atoms with E-state index in [1.54, 1.807) is 23.5 Å². The number of nitrogens with zero attached hydrogens (tertiary/aromatic N) is 3. The van der Waals surface area contributed by atoms with Crippen molar-refractivity contribution in [1.82, 2.24) is 9.97 Å². The minimum Gasteiger partial charge on any atom is -0.226 e. The molecule has 0 fully saturated rings. The van der Waals surface area contributed by atoms with Gasteiger partial charge in [-0.25, -0.2) is 9.97 Å². The van der Waals surface area contributed by atoms with Gasteiger partial charge in [-0.05, 0) is 30.5 Å². The van der Waals surface area contributed by atoms with Crippen LogP contribution < -0.4 is 0 Å². The molecule has 1 aromatic heterocycles. The van der Waals surface area contributed by atoms with Gasteiger partial charge in [0.15, 0.2) is 5.16 Å². The van der Waals surface area contributed by atoms with Crippen molar-refractivity contribution in [1.29, 1.82) is 5.26 Å². The number of aromatic nitrogens is 2. The van der Waals surface area contributed by atoms with Crippen LogP contribution in [0, 0.1) is 11.3 Å². The van der Waals surface area contributed by atoms with Crippen molar-refractivity contribution < 1.29 is 0 Å². The Morgan fingerprint density at radius 3 is 2.32 bits per heavy atom. The van der Waals surface area contributed by atoms with Crippen LogP contribution in [-0.2, 0) is 12.2 Å². The van der Waals surface area contributed by atoms with Gasteiger partial charge in [-0.3, -0.25) is 0 Å². The number of hydrogen-bond acceptors (Lipinski definition) is 5. The van der Waals surface area contributed by atoms with Crippen LogP contribution >= 0.6 is 23.5 Å². The van der Waals surface area contributed by atoms with Gasteiger partial charge in [-0.1, -0.05) is 91.8 Å². The van der Waals surface area contributed by atoms with E-state index >= 15 is 0 Å². The van der Waals surface area contributed by atoms with Crippen LogP contribution in [-0.4, -0.2) is 9.97 Å². The van der Waals surface area contributed by atoms with Crippen LogP contribution in [0.1, 0.15) is 43.0 Å². The summed E-state index contributed by atoms with van der Waals surface area (Å²) >= 11 is 3.17. The zero-order valence-corrected chi connectivity index (χ0v) is 17.6. The van der Waals surface area contributed by atoms with E-state index in [2.05, 4.69) is 25.1 Å². The Morgan fingerprint density at radius 1 is 0.929 bits per heavy atom. The molecule has 0 aliphatic carbocycles. The lowest BCUT2D eigenvalue weighted by Crippen LogP contribution is -2.03. The largest absolute Gasteiger partial charge is 0.226 e. The predicted octanol–water partition coefficient (Wildman–Crippen LogP) is 6.52. The quantitative estimate of drug-likeness (QED) is 0.175. The first-order valence-corrected chi connectivity index (χ1v) is 11.3. The summed E-state index contributed by atoms with van der Waals surface area (Å²) in [4.78, 5) is 10.6. The molecule has 0 bridgehead atoms. The highest BCUT2D eigenvalue weighted by Crippen LogP contribution is 2.32. The van der Waals surface area contributed by atoms with Gasteiger partial charge < -0.3 is 0 Å². The van der Waals surface area contributed by atoms with E-state index in [0.29, 0.717) is 5.56 Å². The lowest BCUT2D eigenvalue weighted by atomic mass is 10.1. The highest BCUT2D eigenvalue weighted by atomic mass is 32.2. The molecule has 3 rings (SSSR count). The zero-order chi connectivity index (χ0) is 19.6. The summed E-state index contributed by atoms with van der Waals surface area (Å²) < 4.78 is 0. The Labute approximate surface area is 175 Å². The van der Waals surface area contributed by atoms with E-state index in [4.69, 9.17) is 9.97 Å². The monoisotopic (exact) mass is 405 g/mol. The van der Waals surface area contributed by atoms with Gasteiger partial charge in [0.25, 0.3) is 0 Å². The average Bonchev–Trinajstić information content (AvgIpc) is 2.74. The molecule has 0 N–H and O–H groups in total. The summed E-state index contributed by atoms with van der Waals surface area (Å²) in [6.07, 6.45) is 4.15. The highest BCUT2D eigenvalue weighted by molar-refractivity contribution is 7.99. The van der Waals surface area contributed by atoms with Gasteiger partial charge in [-0.15, -0.1) is 0 Å². The molecule has 2 aromatic carbocycles. The van der Waals surface area contributed by atoms with E-state index in [-0.39, 0.29) is 0 Å². The summed E-state index contributed by atoms with van der Waals surface area (Å²) in [7, 11) is 0. The van der Waals surface area contributed by atoms with Crippen molar-refractivity contribution in [2.45, 2.75) is 53.4 Å². The molecule has 0 unspecified atom stereocenters. The number of hydrogen-bond donors (Lipinski definition) is 0.